The highest BCUT2D eigenvalue weighted by molar-refractivity contribution is 5.36. The first-order valence-corrected chi connectivity index (χ1v) is 8.71. The molecule has 0 radical (unpaired) electrons. The normalized spacial score (nSPS) is 21.7. The molecule has 1 aromatic carbocycles. The minimum Gasteiger partial charge on any atom is -0.387 e. The molecule has 3 rings (SSSR count). The molecule has 1 saturated carbocycles. The average Bonchev–Trinajstić information content (AvgIpc) is 3.14. The minimum absolute atomic E-state index is 0.160. The molecule has 21 heavy (non-hydrogen) atoms. The number of hydrogen-bond acceptors (Lipinski definition) is 2. The average molecular weight is 287 g/mol. The predicted molar refractivity (Wildman–Crippen MR) is 87.4 cm³/mol. The van der Waals surface area contributed by atoms with E-state index >= 15 is 0 Å². The second-order valence-electron chi connectivity index (χ2n) is 7.24. The fraction of sp³-hybridized carbons (Fsp3) is 0.684. The quantitative estimate of drug-likeness (QED) is 0.864. The molecule has 2 nitrogen and oxygen atoms in total. The lowest BCUT2D eigenvalue weighted by molar-refractivity contribution is 0.0979. The molecule has 2 atom stereocenters. The smallest absolute Gasteiger partial charge is 0.0945 e. The number of aryl methyl sites for hydroxylation is 2. The summed E-state index contributed by atoms with van der Waals surface area (Å²) in [5, 5.41) is 14.6. The Kier molecular flexibility index (Phi) is 4.66. The molecule has 2 heteroatoms. The zero-order chi connectivity index (χ0) is 14.8. The Morgan fingerprint density at radius 1 is 1.05 bits per heavy atom. The highest BCUT2D eigenvalue weighted by Gasteiger charge is 2.28. The molecule has 0 aliphatic heterocycles. The van der Waals surface area contributed by atoms with Crippen LogP contribution in [0.5, 0.6) is 0 Å². The Bertz CT molecular complexity index is 476. The molecule has 0 spiro atoms. The summed E-state index contributed by atoms with van der Waals surface area (Å²) < 4.78 is 0. The first-order valence-electron chi connectivity index (χ1n) is 8.71. The molecule has 2 aliphatic carbocycles. The fourth-order valence-corrected chi connectivity index (χ4v) is 4.00. The van der Waals surface area contributed by atoms with Crippen LogP contribution in [0.25, 0.3) is 0 Å². The van der Waals surface area contributed by atoms with Gasteiger partial charge in [-0.05, 0) is 54.7 Å². The molecule has 0 bridgehead atoms. The zero-order valence-corrected chi connectivity index (χ0v) is 13.4. The van der Waals surface area contributed by atoms with E-state index in [2.05, 4.69) is 37.4 Å². The highest BCUT2D eigenvalue weighted by atomic mass is 16.3. The van der Waals surface area contributed by atoms with Gasteiger partial charge in [-0.15, -0.1) is 0 Å². The second-order valence-corrected chi connectivity index (χ2v) is 7.24. The summed E-state index contributed by atoms with van der Waals surface area (Å²) in [6, 6.07) is 7.38. The number of nitrogens with one attached hydrogen (secondary N) is 1. The Balaban J connectivity index is 1.75. The monoisotopic (exact) mass is 287 g/mol. The van der Waals surface area contributed by atoms with E-state index in [1.54, 1.807) is 0 Å². The van der Waals surface area contributed by atoms with Crippen molar-refractivity contribution in [3.05, 3.63) is 34.9 Å². The van der Waals surface area contributed by atoms with Gasteiger partial charge in [0.25, 0.3) is 0 Å². The third-order valence-electron chi connectivity index (χ3n) is 5.31. The maximum absolute atomic E-state index is 10.9. The number of aliphatic hydroxyl groups is 1. The Morgan fingerprint density at radius 3 is 2.48 bits per heavy atom. The molecule has 0 heterocycles. The molecule has 0 saturated heterocycles. The van der Waals surface area contributed by atoms with Crippen molar-refractivity contribution in [2.24, 2.45) is 5.92 Å². The Morgan fingerprint density at radius 2 is 1.76 bits per heavy atom. The van der Waals surface area contributed by atoms with Crippen LogP contribution in [0.15, 0.2) is 18.2 Å². The van der Waals surface area contributed by atoms with Crippen molar-refractivity contribution in [2.75, 3.05) is 0 Å². The van der Waals surface area contributed by atoms with Crippen LogP contribution in [0, 0.1) is 5.92 Å². The highest BCUT2D eigenvalue weighted by Crippen LogP contribution is 2.29. The molecule has 2 unspecified atom stereocenters. The fourth-order valence-electron chi connectivity index (χ4n) is 4.00. The van der Waals surface area contributed by atoms with Gasteiger partial charge in [0.05, 0.1) is 6.10 Å². The van der Waals surface area contributed by atoms with Crippen LogP contribution in [0.4, 0.5) is 0 Å². The van der Waals surface area contributed by atoms with Gasteiger partial charge in [0, 0.05) is 12.1 Å². The van der Waals surface area contributed by atoms with Gasteiger partial charge in [0.2, 0.25) is 0 Å². The van der Waals surface area contributed by atoms with E-state index in [1.807, 2.05) is 0 Å². The summed E-state index contributed by atoms with van der Waals surface area (Å²) in [6.07, 6.45) is 8.45. The van der Waals surface area contributed by atoms with Gasteiger partial charge in [0.15, 0.2) is 0 Å². The van der Waals surface area contributed by atoms with Gasteiger partial charge in [-0.2, -0.15) is 0 Å². The summed E-state index contributed by atoms with van der Waals surface area (Å²) in [4.78, 5) is 0. The summed E-state index contributed by atoms with van der Waals surface area (Å²) in [6.45, 7) is 4.42. The predicted octanol–water partition coefficient (Wildman–Crippen LogP) is 3.77. The number of aliphatic hydroxyl groups excluding tert-OH is 1. The summed E-state index contributed by atoms with van der Waals surface area (Å²) in [5.41, 5.74) is 4.03. The van der Waals surface area contributed by atoms with Crippen molar-refractivity contribution in [1.29, 1.82) is 0 Å². The summed E-state index contributed by atoms with van der Waals surface area (Å²) in [7, 11) is 0. The molecule has 1 aromatic rings. The first-order chi connectivity index (χ1) is 10.1. The molecule has 0 aromatic heterocycles. The van der Waals surface area contributed by atoms with Crippen molar-refractivity contribution in [2.45, 2.75) is 77.0 Å². The van der Waals surface area contributed by atoms with Crippen LogP contribution in [0.3, 0.4) is 0 Å². The maximum atomic E-state index is 10.9. The van der Waals surface area contributed by atoms with Crippen LogP contribution < -0.4 is 5.32 Å². The molecule has 0 amide bonds. The topological polar surface area (TPSA) is 32.3 Å². The Labute approximate surface area is 129 Å². The SMILES string of the molecule is CC(C)C(NC1CCCC1)C(O)c1ccc2c(c1)CCC2. The van der Waals surface area contributed by atoms with Crippen molar-refractivity contribution < 1.29 is 5.11 Å². The van der Waals surface area contributed by atoms with Crippen LogP contribution in [-0.4, -0.2) is 17.2 Å². The molecular formula is C19H29NO. The Hall–Kier alpha value is -0.860. The number of hydrogen-bond donors (Lipinski definition) is 2. The second kappa shape index (κ2) is 6.50. The van der Waals surface area contributed by atoms with Gasteiger partial charge >= 0.3 is 0 Å². The number of fused-ring (bicyclic) bond motifs is 1. The minimum atomic E-state index is -0.392. The van der Waals surface area contributed by atoms with Crippen LogP contribution in [-0.2, 0) is 12.8 Å². The zero-order valence-electron chi connectivity index (χ0n) is 13.4. The third-order valence-corrected chi connectivity index (χ3v) is 5.31. The van der Waals surface area contributed by atoms with Gasteiger partial charge in [-0.3, -0.25) is 0 Å². The van der Waals surface area contributed by atoms with Gasteiger partial charge in [-0.1, -0.05) is 44.9 Å². The molecule has 116 valence electrons. The number of benzene rings is 1. The van der Waals surface area contributed by atoms with Gasteiger partial charge in [-0.25, -0.2) is 0 Å². The number of rotatable bonds is 5. The van der Waals surface area contributed by atoms with Crippen molar-refractivity contribution in [3.63, 3.8) is 0 Å². The van der Waals surface area contributed by atoms with Crippen LogP contribution >= 0.6 is 0 Å². The lowest BCUT2D eigenvalue weighted by Crippen LogP contribution is -2.44. The van der Waals surface area contributed by atoms with Crippen LogP contribution in [0.2, 0.25) is 0 Å². The summed E-state index contributed by atoms with van der Waals surface area (Å²) in [5.74, 6) is 0.439. The van der Waals surface area contributed by atoms with Crippen molar-refractivity contribution in [3.8, 4) is 0 Å². The first kappa shape index (κ1) is 15.1. The lowest BCUT2D eigenvalue weighted by Gasteiger charge is -2.31. The van der Waals surface area contributed by atoms with Crippen molar-refractivity contribution >= 4 is 0 Å². The van der Waals surface area contributed by atoms with E-state index < -0.39 is 6.10 Å². The maximum Gasteiger partial charge on any atom is 0.0945 e. The van der Waals surface area contributed by atoms with Gasteiger partial charge in [0.1, 0.15) is 0 Å². The van der Waals surface area contributed by atoms with E-state index in [1.165, 1.54) is 56.1 Å². The third kappa shape index (κ3) is 3.32. The molecular weight excluding hydrogens is 258 g/mol. The van der Waals surface area contributed by atoms with E-state index in [0.29, 0.717) is 12.0 Å². The standard InChI is InChI=1S/C19H29NO/c1-13(2)18(20-17-8-3-4-9-17)19(21)16-11-10-14-6-5-7-15(14)12-16/h10-13,17-21H,3-9H2,1-2H3. The van der Waals surface area contributed by atoms with Gasteiger partial charge < -0.3 is 10.4 Å². The summed E-state index contributed by atoms with van der Waals surface area (Å²) >= 11 is 0. The molecule has 2 N–H and O–H groups in total. The van der Waals surface area contributed by atoms with E-state index in [0.717, 1.165) is 5.56 Å². The van der Waals surface area contributed by atoms with E-state index in [-0.39, 0.29) is 6.04 Å². The van der Waals surface area contributed by atoms with E-state index in [9.17, 15) is 5.11 Å². The molecule has 1 fully saturated rings. The molecule has 2 aliphatic rings. The van der Waals surface area contributed by atoms with Crippen LogP contribution in [0.1, 0.15) is 68.7 Å². The largest absolute Gasteiger partial charge is 0.387 e. The lowest BCUT2D eigenvalue weighted by atomic mass is 9.91. The van der Waals surface area contributed by atoms with E-state index in [4.69, 9.17) is 0 Å². The van der Waals surface area contributed by atoms with Crippen molar-refractivity contribution in [1.82, 2.24) is 5.32 Å².